The van der Waals surface area contributed by atoms with E-state index in [-0.39, 0.29) is 5.78 Å². The van der Waals surface area contributed by atoms with Crippen molar-refractivity contribution in [3.63, 3.8) is 0 Å². The highest BCUT2D eigenvalue weighted by Gasteiger charge is 2.35. The average molecular weight is 495 g/mol. The molecule has 0 saturated carbocycles. The molecule has 0 spiro atoms. The van der Waals surface area contributed by atoms with Crippen LogP contribution < -0.4 is 9.47 Å². The SMILES string of the molecule is CCCCCCOc1ccc(C(=O)C=Cc2cc(C)c(OC(C)(C)C(=O)OC(C)(C)C)c(C)c2)cc1. The molecule has 196 valence electrons. The van der Waals surface area contributed by atoms with Gasteiger partial charge in [-0.05, 0) is 114 Å². The summed E-state index contributed by atoms with van der Waals surface area (Å²) in [7, 11) is 0. The normalized spacial score (nSPS) is 12.0. The molecule has 0 fully saturated rings. The van der Waals surface area contributed by atoms with Crippen LogP contribution in [0, 0.1) is 13.8 Å². The maximum absolute atomic E-state index is 12.7. The van der Waals surface area contributed by atoms with Gasteiger partial charge < -0.3 is 14.2 Å². The standard InChI is InChI=1S/C31H42O5/c1-9-10-11-12-19-34-26-16-14-25(15-17-26)27(32)18-13-24-20-22(2)28(23(3)21-24)35-31(7,8)29(33)36-30(4,5)6/h13-18,20-21H,9-12,19H2,1-8H3. The van der Waals surface area contributed by atoms with Gasteiger partial charge in [0.1, 0.15) is 17.1 Å². The number of carbonyl (C=O) groups is 2. The molecule has 2 rings (SSSR count). The third-order valence-corrected chi connectivity index (χ3v) is 5.56. The number of rotatable bonds is 12. The molecule has 2 aromatic rings. The van der Waals surface area contributed by atoms with Crippen molar-refractivity contribution < 1.29 is 23.8 Å². The molecule has 0 unspecified atom stereocenters. The number of aryl methyl sites for hydroxylation is 2. The minimum atomic E-state index is -1.14. The smallest absolute Gasteiger partial charge is 0.350 e. The van der Waals surface area contributed by atoms with Crippen molar-refractivity contribution in [2.24, 2.45) is 0 Å². The van der Waals surface area contributed by atoms with Crippen LogP contribution in [0.5, 0.6) is 11.5 Å². The summed E-state index contributed by atoms with van der Waals surface area (Å²) in [6, 6.07) is 11.1. The van der Waals surface area contributed by atoms with Crippen LogP contribution in [-0.4, -0.2) is 29.6 Å². The van der Waals surface area contributed by atoms with E-state index in [4.69, 9.17) is 14.2 Å². The number of ether oxygens (including phenoxy) is 3. The lowest BCUT2D eigenvalue weighted by Crippen LogP contribution is -2.43. The van der Waals surface area contributed by atoms with Crippen molar-refractivity contribution in [3.05, 3.63) is 64.7 Å². The quantitative estimate of drug-likeness (QED) is 0.131. The van der Waals surface area contributed by atoms with Gasteiger partial charge >= 0.3 is 5.97 Å². The Morgan fingerprint density at radius 3 is 2.06 bits per heavy atom. The molecule has 0 aliphatic heterocycles. The highest BCUT2D eigenvalue weighted by atomic mass is 16.6. The van der Waals surface area contributed by atoms with Gasteiger partial charge in [0.05, 0.1) is 6.61 Å². The van der Waals surface area contributed by atoms with E-state index in [1.807, 2.05) is 58.9 Å². The Balaban J connectivity index is 2.04. The molecule has 0 radical (unpaired) electrons. The Hall–Kier alpha value is -3.08. The predicted octanol–water partition coefficient (Wildman–Crippen LogP) is 7.66. The number of hydrogen-bond acceptors (Lipinski definition) is 5. The summed E-state index contributed by atoms with van der Waals surface area (Å²) in [6.07, 6.45) is 8.00. The molecular weight excluding hydrogens is 452 g/mol. The van der Waals surface area contributed by atoms with Gasteiger partial charge in [-0.15, -0.1) is 0 Å². The van der Waals surface area contributed by atoms with Crippen molar-refractivity contribution >= 4 is 17.8 Å². The molecule has 0 bridgehead atoms. The number of ketones is 1. The summed E-state index contributed by atoms with van der Waals surface area (Å²) < 4.78 is 17.4. The van der Waals surface area contributed by atoms with Gasteiger partial charge in [0.2, 0.25) is 0 Å². The fourth-order valence-corrected chi connectivity index (χ4v) is 3.64. The Morgan fingerprint density at radius 1 is 0.889 bits per heavy atom. The van der Waals surface area contributed by atoms with E-state index in [9.17, 15) is 9.59 Å². The van der Waals surface area contributed by atoms with Gasteiger partial charge in [0.25, 0.3) is 0 Å². The Labute approximate surface area is 216 Å². The van der Waals surface area contributed by atoms with Gasteiger partial charge in [0.15, 0.2) is 11.4 Å². The summed E-state index contributed by atoms with van der Waals surface area (Å²) in [5, 5.41) is 0. The summed E-state index contributed by atoms with van der Waals surface area (Å²) >= 11 is 0. The van der Waals surface area contributed by atoms with Crippen LogP contribution in [0.1, 0.15) is 94.3 Å². The van der Waals surface area contributed by atoms with E-state index in [2.05, 4.69) is 6.92 Å². The van der Waals surface area contributed by atoms with Gasteiger partial charge in [-0.1, -0.05) is 32.3 Å². The highest BCUT2D eigenvalue weighted by molar-refractivity contribution is 6.06. The highest BCUT2D eigenvalue weighted by Crippen LogP contribution is 2.30. The molecule has 0 atom stereocenters. The van der Waals surface area contributed by atoms with Crippen LogP contribution in [0.3, 0.4) is 0 Å². The zero-order valence-electron chi connectivity index (χ0n) is 23.2. The van der Waals surface area contributed by atoms with Crippen LogP contribution >= 0.6 is 0 Å². The molecule has 0 amide bonds. The van der Waals surface area contributed by atoms with Crippen LogP contribution in [0.2, 0.25) is 0 Å². The summed E-state index contributed by atoms with van der Waals surface area (Å²) in [4.78, 5) is 25.3. The molecule has 2 aromatic carbocycles. The van der Waals surface area contributed by atoms with Gasteiger partial charge in [0, 0.05) is 5.56 Å². The molecule has 5 nitrogen and oxygen atoms in total. The van der Waals surface area contributed by atoms with Crippen molar-refractivity contribution in [2.75, 3.05) is 6.61 Å². The lowest BCUT2D eigenvalue weighted by atomic mass is 10.0. The molecule has 0 N–H and O–H groups in total. The second-order valence-electron chi connectivity index (χ2n) is 10.7. The van der Waals surface area contributed by atoms with Crippen molar-refractivity contribution in [1.82, 2.24) is 0 Å². The third kappa shape index (κ3) is 9.18. The number of hydrogen-bond donors (Lipinski definition) is 0. The van der Waals surface area contributed by atoms with Gasteiger partial charge in [-0.25, -0.2) is 4.79 Å². The van der Waals surface area contributed by atoms with Gasteiger partial charge in [-0.2, -0.15) is 0 Å². The molecule has 0 aromatic heterocycles. The number of allylic oxidation sites excluding steroid dienone is 1. The summed E-state index contributed by atoms with van der Waals surface area (Å²) in [5.41, 5.74) is 1.51. The fraction of sp³-hybridized carbons (Fsp3) is 0.484. The van der Waals surface area contributed by atoms with Gasteiger partial charge in [-0.3, -0.25) is 4.79 Å². The lowest BCUT2D eigenvalue weighted by molar-refractivity contribution is -0.171. The van der Waals surface area contributed by atoms with E-state index in [1.165, 1.54) is 19.3 Å². The largest absolute Gasteiger partial charge is 0.494 e. The first-order valence-electron chi connectivity index (χ1n) is 12.8. The zero-order chi connectivity index (χ0) is 26.9. The van der Waals surface area contributed by atoms with E-state index in [0.29, 0.717) is 17.9 Å². The maximum Gasteiger partial charge on any atom is 0.350 e. The number of unbranched alkanes of at least 4 members (excludes halogenated alkanes) is 3. The lowest BCUT2D eigenvalue weighted by Gasteiger charge is -2.30. The fourth-order valence-electron chi connectivity index (χ4n) is 3.64. The minimum absolute atomic E-state index is 0.0776. The molecule has 0 aliphatic rings. The Bertz CT molecular complexity index is 1030. The van der Waals surface area contributed by atoms with Crippen LogP contribution in [0.4, 0.5) is 0 Å². The second kappa shape index (κ2) is 12.8. The van der Waals surface area contributed by atoms with Crippen LogP contribution in [0.25, 0.3) is 6.08 Å². The first kappa shape index (κ1) is 29.2. The topological polar surface area (TPSA) is 61.8 Å². The van der Waals surface area contributed by atoms with E-state index in [1.54, 1.807) is 38.1 Å². The van der Waals surface area contributed by atoms with Crippen molar-refractivity contribution in [1.29, 1.82) is 0 Å². The monoisotopic (exact) mass is 494 g/mol. The third-order valence-electron chi connectivity index (χ3n) is 5.56. The molecule has 0 heterocycles. The molecular formula is C31H42O5. The van der Waals surface area contributed by atoms with E-state index >= 15 is 0 Å². The number of esters is 1. The predicted molar refractivity (Wildman–Crippen MR) is 146 cm³/mol. The average Bonchev–Trinajstić information content (AvgIpc) is 2.79. The Morgan fingerprint density at radius 2 is 1.50 bits per heavy atom. The number of carbonyl (C=O) groups excluding carboxylic acids is 2. The van der Waals surface area contributed by atoms with E-state index in [0.717, 1.165) is 28.9 Å². The second-order valence-corrected chi connectivity index (χ2v) is 10.7. The molecule has 36 heavy (non-hydrogen) atoms. The zero-order valence-corrected chi connectivity index (χ0v) is 23.2. The molecule has 5 heteroatoms. The number of benzene rings is 2. The summed E-state index contributed by atoms with van der Waals surface area (Å²) in [6.45, 7) is 15.6. The van der Waals surface area contributed by atoms with E-state index < -0.39 is 17.2 Å². The van der Waals surface area contributed by atoms with Crippen molar-refractivity contribution in [3.8, 4) is 11.5 Å². The maximum atomic E-state index is 12.7. The van der Waals surface area contributed by atoms with Crippen LogP contribution in [0.15, 0.2) is 42.5 Å². The van der Waals surface area contributed by atoms with Crippen LogP contribution in [-0.2, 0) is 9.53 Å². The van der Waals surface area contributed by atoms with Crippen molar-refractivity contribution in [2.45, 2.75) is 92.3 Å². The first-order chi connectivity index (χ1) is 16.8. The molecule has 0 aliphatic carbocycles. The minimum Gasteiger partial charge on any atom is -0.494 e. The molecule has 0 saturated heterocycles. The first-order valence-corrected chi connectivity index (χ1v) is 12.8. The summed E-state index contributed by atoms with van der Waals surface area (Å²) in [5.74, 6) is 0.922. The Kier molecular flexibility index (Phi) is 10.3.